The van der Waals surface area contributed by atoms with E-state index in [0.717, 1.165) is 16.6 Å². The minimum atomic E-state index is 0.187. The van der Waals surface area contributed by atoms with Crippen LogP contribution in [0.15, 0.2) is 82.1 Å². The predicted octanol–water partition coefficient (Wildman–Crippen LogP) is 3.65. The van der Waals surface area contributed by atoms with Crippen molar-refractivity contribution in [2.24, 2.45) is 21.2 Å². The van der Waals surface area contributed by atoms with E-state index in [0.29, 0.717) is 29.6 Å². The lowest BCUT2D eigenvalue weighted by atomic mass is 10.1. The van der Waals surface area contributed by atoms with Crippen molar-refractivity contribution in [1.29, 1.82) is 5.26 Å². The molecule has 164 valence electrons. The second kappa shape index (κ2) is 10.0. The quantitative estimate of drug-likeness (QED) is 0.155. The number of aromatic nitrogens is 3. The summed E-state index contributed by atoms with van der Waals surface area (Å²) in [6.45, 7) is 0.770. The number of pyridine rings is 1. The molecule has 10 heteroatoms. The van der Waals surface area contributed by atoms with Crippen LogP contribution < -0.4 is 15.9 Å². The number of aliphatic imine (C=N–C) groups is 1. The SMILES string of the molecule is CN=C(/N=N\N)n1c(OCc2cccc(NCc3ccc(C#N)cc3)n2)nc2ccccc21. The third kappa shape index (κ3) is 4.94. The van der Waals surface area contributed by atoms with E-state index in [1.165, 1.54) is 0 Å². The van der Waals surface area contributed by atoms with Crippen molar-refractivity contribution >= 4 is 22.8 Å². The molecule has 0 amide bonds. The maximum atomic E-state index is 8.91. The zero-order valence-electron chi connectivity index (χ0n) is 17.9. The largest absolute Gasteiger partial charge is 0.458 e. The van der Waals surface area contributed by atoms with E-state index in [1.54, 1.807) is 23.7 Å². The fourth-order valence-electron chi connectivity index (χ4n) is 3.22. The molecule has 0 aliphatic rings. The first kappa shape index (κ1) is 21.5. The minimum Gasteiger partial charge on any atom is -0.458 e. The van der Waals surface area contributed by atoms with Crippen LogP contribution in [0.1, 0.15) is 16.8 Å². The van der Waals surface area contributed by atoms with Crippen molar-refractivity contribution in [2.45, 2.75) is 13.2 Å². The first-order valence-corrected chi connectivity index (χ1v) is 10.1. The zero-order chi connectivity index (χ0) is 23.0. The molecule has 0 radical (unpaired) electrons. The average molecular weight is 439 g/mol. The van der Waals surface area contributed by atoms with Crippen molar-refractivity contribution < 1.29 is 4.74 Å². The van der Waals surface area contributed by atoms with Crippen LogP contribution in [0.3, 0.4) is 0 Å². The Bertz CT molecular complexity index is 1350. The summed E-state index contributed by atoms with van der Waals surface area (Å²) in [5.41, 5.74) is 3.89. The van der Waals surface area contributed by atoms with Gasteiger partial charge >= 0.3 is 6.01 Å². The topological polar surface area (TPSA) is 139 Å². The Morgan fingerprint density at radius 2 is 1.91 bits per heavy atom. The molecule has 2 aromatic carbocycles. The highest BCUT2D eigenvalue weighted by Gasteiger charge is 2.16. The Labute approximate surface area is 190 Å². The molecular formula is C23H21N9O. The van der Waals surface area contributed by atoms with Crippen LogP contribution in [-0.4, -0.2) is 27.5 Å². The lowest BCUT2D eigenvalue weighted by molar-refractivity contribution is 0.275. The molecule has 4 rings (SSSR count). The van der Waals surface area contributed by atoms with Gasteiger partial charge in [-0.05, 0) is 42.0 Å². The molecule has 0 saturated heterocycles. The summed E-state index contributed by atoms with van der Waals surface area (Å²) in [4.78, 5) is 13.3. The molecule has 2 heterocycles. The Balaban J connectivity index is 1.50. The Kier molecular flexibility index (Phi) is 6.51. The summed E-state index contributed by atoms with van der Waals surface area (Å²) in [6.07, 6.45) is 0. The number of hydrogen-bond donors (Lipinski definition) is 2. The monoisotopic (exact) mass is 439 g/mol. The number of ether oxygens (including phenoxy) is 1. The van der Waals surface area contributed by atoms with E-state index in [4.69, 9.17) is 15.8 Å². The Hall–Kier alpha value is -4.78. The molecule has 4 aromatic rings. The molecular weight excluding hydrogens is 418 g/mol. The van der Waals surface area contributed by atoms with Gasteiger partial charge in [0, 0.05) is 13.6 Å². The van der Waals surface area contributed by atoms with Crippen LogP contribution in [0.4, 0.5) is 5.82 Å². The summed E-state index contributed by atoms with van der Waals surface area (Å²) in [7, 11) is 1.59. The number of imidazole rings is 1. The second-order valence-corrected chi connectivity index (χ2v) is 6.92. The van der Waals surface area contributed by atoms with E-state index in [9.17, 15) is 0 Å². The standard InChI is InChI=1S/C23H21N9O/c1-26-22(30-31-25)32-20-7-3-2-6-19(20)29-23(32)33-15-18-5-4-8-21(28-18)27-14-17-11-9-16(13-24)10-12-17/h2-12H,14-15H2,1H3,(H,27,28)(H2,25,26,30). The lowest BCUT2D eigenvalue weighted by Crippen LogP contribution is -2.13. The first-order valence-electron chi connectivity index (χ1n) is 10.1. The van der Waals surface area contributed by atoms with Gasteiger partial charge in [0.15, 0.2) is 0 Å². The summed E-state index contributed by atoms with van der Waals surface area (Å²) >= 11 is 0. The molecule has 0 aliphatic heterocycles. The molecule has 0 saturated carbocycles. The van der Waals surface area contributed by atoms with Gasteiger partial charge in [0.05, 0.1) is 28.4 Å². The van der Waals surface area contributed by atoms with Crippen LogP contribution in [0.5, 0.6) is 6.01 Å². The highest BCUT2D eigenvalue weighted by Crippen LogP contribution is 2.22. The normalized spacial score (nSPS) is 11.6. The summed E-state index contributed by atoms with van der Waals surface area (Å²) in [5.74, 6) is 6.21. The highest BCUT2D eigenvalue weighted by molar-refractivity contribution is 5.93. The number of rotatable bonds is 6. The second-order valence-electron chi connectivity index (χ2n) is 6.92. The van der Waals surface area contributed by atoms with E-state index >= 15 is 0 Å². The third-order valence-electron chi connectivity index (χ3n) is 4.79. The number of anilines is 1. The average Bonchev–Trinajstić information content (AvgIpc) is 3.23. The van der Waals surface area contributed by atoms with Crippen LogP contribution in [0.2, 0.25) is 0 Å². The third-order valence-corrected chi connectivity index (χ3v) is 4.79. The molecule has 2 aromatic heterocycles. The molecule has 0 fully saturated rings. The maximum absolute atomic E-state index is 8.91. The lowest BCUT2D eigenvalue weighted by Gasteiger charge is -2.10. The van der Waals surface area contributed by atoms with Crippen molar-refractivity contribution in [3.63, 3.8) is 0 Å². The number of benzene rings is 2. The van der Waals surface area contributed by atoms with Crippen molar-refractivity contribution in [2.75, 3.05) is 12.4 Å². The van der Waals surface area contributed by atoms with Gasteiger partial charge in [0.25, 0.3) is 5.96 Å². The van der Waals surface area contributed by atoms with E-state index in [1.807, 2.05) is 54.6 Å². The van der Waals surface area contributed by atoms with Gasteiger partial charge in [-0.25, -0.2) is 9.55 Å². The Morgan fingerprint density at radius 3 is 2.67 bits per heavy atom. The van der Waals surface area contributed by atoms with E-state index < -0.39 is 0 Å². The van der Waals surface area contributed by atoms with Gasteiger partial charge in [0.2, 0.25) is 0 Å². The highest BCUT2D eigenvalue weighted by atomic mass is 16.5. The zero-order valence-corrected chi connectivity index (χ0v) is 17.9. The molecule has 3 N–H and O–H groups in total. The summed E-state index contributed by atoms with van der Waals surface area (Å²) < 4.78 is 7.64. The van der Waals surface area contributed by atoms with Crippen LogP contribution in [0, 0.1) is 11.3 Å². The van der Waals surface area contributed by atoms with E-state index in [2.05, 4.69) is 36.7 Å². The van der Waals surface area contributed by atoms with Gasteiger partial charge in [-0.3, -0.25) is 4.99 Å². The molecule has 10 nitrogen and oxygen atoms in total. The van der Waals surface area contributed by atoms with Gasteiger partial charge in [-0.2, -0.15) is 10.2 Å². The van der Waals surface area contributed by atoms with Gasteiger partial charge in [-0.1, -0.05) is 40.7 Å². The molecule has 0 atom stereocenters. The minimum absolute atomic E-state index is 0.187. The van der Waals surface area contributed by atoms with Crippen LogP contribution in [0.25, 0.3) is 11.0 Å². The number of nitriles is 1. The number of nitrogens with two attached hydrogens (primary N) is 1. The predicted molar refractivity (Wildman–Crippen MR) is 125 cm³/mol. The maximum Gasteiger partial charge on any atom is 0.305 e. The molecule has 33 heavy (non-hydrogen) atoms. The smallest absolute Gasteiger partial charge is 0.305 e. The summed E-state index contributed by atoms with van der Waals surface area (Å²) in [5, 5.41) is 19.4. The van der Waals surface area contributed by atoms with Gasteiger partial charge in [0.1, 0.15) is 12.4 Å². The number of nitrogens with one attached hydrogen (secondary N) is 1. The van der Waals surface area contributed by atoms with Gasteiger partial charge < -0.3 is 15.9 Å². The Morgan fingerprint density at radius 1 is 1.09 bits per heavy atom. The fourth-order valence-corrected chi connectivity index (χ4v) is 3.22. The molecule has 0 unspecified atom stereocenters. The first-order chi connectivity index (χ1) is 16.2. The van der Waals surface area contributed by atoms with E-state index in [-0.39, 0.29) is 12.6 Å². The van der Waals surface area contributed by atoms with Crippen LogP contribution in [-0.2, 0) is 13.2 Å². The van der Waals surface area contributed by atoms with Crippen molar-refractivity contribution in [1.82, 2.24) is 14.5 Å². The number of fused-ring (bicyclic) bond motifs is 1. The number of hydrogen-bond acceptors (Lipinski definition) is 7. The van der Waals surface area contributed by atoms with Gasteiger partial charge in [-0.15, -0.1) is 0 Å². The van der Waals surface area contributed by atoms with Crippen molar-refractivity contribution in [3.05, 3.63) is 83.6 Å². The molecule has 0 bridgehead atoms. The number of para-hydroxylation sites is 2. The number of nitrogens with zero attached hydrogens (tertiary/aromatic N) is 7. The van der Waals surface area contributed by atoms with Crippen molar-refractivity contribution in [3.8, 4) is 12.1 Å². The molecule has 0 aliphatic carbocycles. The fraction of sp³-hybridized carbons (Fsp3) is 0.130. The van der Waals surface area contributed by atoms with Crippen LogP contribution >= 0.6 is 0 Å². The molecule has 0 spiro atoms. The summed E-state index contributed by atoms with van der Waals surface area (Å²) in [6, 6.07) is 23.0.